The highest BCUT2D eigenvalue weighted by atomic mass is 16.5. The SMILES string of the molecule is Cc1ccc(C)c(C(=O)N2CCN(c3cnnc(N4CCOCC4)c3)CC2)c1. The molecule has 2 aliphatic rings. The molecule has 0 atom stereocenters. The zero-order chi connectivity index (χ0) is 19.5. The van der Waals surface area contributed by atoms with Crippen molar-refractivity contribution in [3.8, 4) is 0 Å². The molecule has 7 heteroatoms. The Balaban J connectivity index is 1.41. The molecule has 1 aromatic carbocycles. The summed E-state index contributed by atoms with van der Waals surface area (Å²) in [5, 5.41) is 8.49. The quantitative estimate of drug-likeness (QED) is 0.809. The van der Waals surface area contributed by atoms with E-state index in [9.17, 15) is 4.79 Å². The van der Waals surface area contributed by atoms with E-state index in [-0.39, 0.29) is 5.91 Å². The molecule has 4 rings (SSSR count). The summed E-state index contributed by atoms with van der Waals surface area (Å²) >= 11 is 0. The highest BCUT2D eigenvalue weighted by molar-refractivity contribution is 5.96. The molecular formula is C21H27N5O2. The zero-order valence-corrected chi connectivity index (χ0v) is 16.6. The lowest BCUT2D eigenvalue weighted by Crippen LogP contribution is -2.49. The van der Waals surface area contributed by atoms with E-state index in [1.807, 2.05) is 43.1 Å². The lowest BCUT2D eigenvalue weighted by molar-refractivity contribution is 0.0746. The van der Waals surface area contributed by atoms with E-state index in [1.54, 1.807) is 0 Å². The molecule has 2 aliphatic heterocycles. The normalized spacial score (nSPS) is 17.7. The Kier molecular flexibility index (Phi) is 5.43. The molecule has 3 heterocycles. The minimum Gasteiger partial charge on any atom is -0.378 e. The second-order valence-corrected chi connectivity index (χ2v) is 7.47. The number of hydrogen-bond donors (Lipinski definition) is 0. The van der Waals surface area contributed by atoms with E-state index in [4.69, 9.17) is 4.74 Å². The van der Waals surface area contributed by atoms with Crippen molar-refractivity contribution < 1.29 is 9.53 Å². The molecule has 28 heavy (non-hydrogen) atoms. The van der Waals surface area contributed by atoms with Crippen LogP contribution in [0.4, 0.5) is 11.5 Å². The van der Waals surface area contributed by atoms with Crippen LogP contribution in [0, 0.1) is 13.8 Å². The summed E-state index contributed by atoms with van der Waals surface area (Å²) in [6.07, 6.45) is 1.81. The van der Waals surface area contributed by atoms with Gasteiger partial charge in [0.15, 0.2) is 5.82 Å². The number of rotatable bonds is 3. The average molecular weight is 381 g/mol. The van der Waals surface area contributed by atoms with Crippen LogP contribution in [0.3, 0.4) is 0 Å². The summed E-state index contributed by atoms with van der Waals surface area (Å²) in [5.74, 6) is 1.03. The van der Waals surface area contributed by atoms with Crippen LogP contribution in [-0.2, 0) is 4.74 Å². The van der Waals surface area contributed by atoms with Crippen LogP contribution in [0.1, 0.15) is 21.5 Å². The fourth-order valence-corrected chi connectivity index (χ4v) is 3.77. The molecule has 0 N–H and O–H groups in total. The Hall–Kier alpha value is -2.67. The molecule has 0 saturated carbocycles. The van der Waals surface area contributed by atoms with Gasteiger partial charge in [0.05, 0.1) is 25.1 Å². The maximum Gasteiger partial charge on any atom is 0.254 e. The highest BCUT2D eigenvalue weighted by Gasteiger charge is 2.24. The zero-order valence-electron chi connectivity index (χ0n) is 16.6. The molecule has 0 spiro atoms. The molecule has 148 valence electrons. The number of morpholine rings is 1. The number of amides is 1. The Morgan fingerprint density at radius 3 is 2.46 bits per heavy atom. The van der Waals surface area contributed by atoms with Crippen molar-refractivity contribution in [3.63, 3.8) is 0 Å². The molecule has 2 fully saturated rings. The largest absolute Gasteiger partial charge is 0.378 e. The van der Waals surface area contributed by atoms with Gasteiger partial charge in [-0.1, -0.05) is 17.7 Å². The summed E-state index contributed by atoms with van der Waals surface area (Å²) in [5.41, 5.74) is 4.03. The van der Waals surface area contributed by atoms with E-state index < -0.39 is 0 Å². The van der Waals surface area contributed by atoms with Crippen LogP contribution in [-0.4, -0.2) is 73.5 Å². The first-order valence-electron chi connectivity index (χ1n) is 9.89. The maximum absolute atomic E-state index is 12.9. The van der Waals surface area contributed by atoms with Crippen molar-refractivity contribution in [1.82, 2.24) is 15.1 Å². The van der Waals surface area contributed by atoms with Crippen LogP contribution >= 0.6 is 0 Å². The number of anilines is 2. The van der Waals surface area contributed by atoms with Gasteiger partial charge < -0.3 is 19.4 Å². The van der Waals surface area contributed by atoms with Crippen LogP contribution < -0.4 is 9.80 Å². The Morgan fingerprint density at radius 2 is 1.71 bits per heavy atom. The summed E-state index contributed by atoms with van der Waals surface area (Å²) in [6.45, 7) is 10.2. The first-order chi connectivity index (χ1) is 13.6. The molecule has 0 aliphatic carbocycles. The number of benzene rings is 1. The standard InChI is InChI=1S/C21H27N5O2/c1-16-3-4-17(2)19(13-16)21(27)26-7-5-24(6-8-26)18-14-20(23-22-15-18)25-9-11-28-12-10-25/h3-4,13-15H,5-12H2,1-2H3. The Bertz CT molecular complexity index is 842. The van der Waals surface area contributed by atoms with Crippen molar-refractivity contribution in [1.29, 1.82) is 0 Å². The monoisotopic (exact) mass is 381 g/mol. The van der Waals surface area contributed by atoms with Crippen LogP contribution in [0.5, 0.6) is 0 Å². The lowest BCUT2D eigenvalue weighted by Gasteiger charge is -2.36. The van der Waals surface area contributed by atoms with Crippen molar-refractivity contribution in [2.24, 2.45) is 0 Å². The molecule has 1 aromatic heterocycles. The smallest absolute Gasteiger partial charge is 0.254 e. The number of carbonyl (C=O) groups is 1. The molecule has 2 saturated heterocycles. The molecule has 0 bridgehead atoms. The summed E-state index contributed by atoms with van der Waals surface area (Å²) in [6, 6.07) is 8.16. The molecule has 2 aromatic rings. The van der Waals surface area contributed by atoms with Gasteiger partial charge in [-0.2, -0.15) is 5.10 Å². The molecule has 0 radical (unpaired) electrons. The summed E-state index contributed by atoms with van der Waals surface area (Å²) in [7, 11) is 0. The fraction of sp³-hybridized carbons (Fsp3) is 0.476. The Morgan fingerprint density at radius 1 is 0.964 bits per heavy atom. The van der Waals surface area contributed by atoms with E-state index in [0.29, 0.717) is 13.1 Å². The van der Waals surface area contributed by atoms with Gasteiger partial charge >= 0.3 is 0 Å². The van der Waals surface area contributed by atoms with Gasteiger partial charge in [-0.25, -0.2) is 0 Å². The minimum absolute atomic E-state index is 0.128. The van der Waals surface area contributed by atoms with Crippen molar-refractivity contribution >= 4 is 17.4 Å². The molecular weight excluding hydrogens is 354 g/mol. The van der Waals surface area contributed by atoms with Gasteiger partial charge in [-0.05, 0) is 25.5 Å². The van der Waals surface area contributed by atoms with Crippen molar-refractivity contribution in [2.75, 3.05) is 62.3 Å². The third-order valence-corrected chi connectivity index (χ3v) is 5.52. The first-order valence-corrected chi connectivity index (χ1v) is 9.89. The van der Waals surface area contributed by atoms with E-state index >= 15 is 0 Å². The number of piperazine rings is 1. The second-order valence-electron chi connectivity index (χ2n) is 7.47. The minimum atomic E-state index is 0.128. The van der Waals surface area contributed by atoms with Crippen LogP contribution in [0.15, 0.2) is 30.5 Å². The van der Waals surface area contributed by atoms with Crippen LogP contribution in [0.2, 0.25) is 0 Å². The third-order valence-electron chi connectivity index (χ3n) is 5.52. The number of aromatic nitrogens is 2. The van der Waals surface area contributed by atoms with Gasteiger partial charge in [0.2, 0.25) is 0 Å². The number of hydrogen-bond acceptors (Lipinski definition) is 6. The van der Waals surface area contributed by atoms with Crippen molar-refractivity contribution in [3.05, 3.63) is 47.2 Å². The van der Waals surface area contributed by atoms with E-state index in [2.05, 4.69) is 26.1 Å². The van der Waals surface area contributed by atoms with Gasteiger partial charge in [-0.15, -0.1) is 5.10 Å². The average Bonchev–Trinajstić information content (AvgIpc) is 2.76. The van der Waals surface area contributed by atoms with Gasteiger partial charge in [-0.3, -0.25) is 4.79 Å². The van der Waals surface area contributed by atoms with Gasteiger partial charge in [0.25, 0.3) is 5.91 Å². The topological polar surface area (TPSA) is 61.8 Å². The fourth-order valence-electron chi connectivity index (χ4n) is 3.77. The number of nitrogens with zero attached hydrogens (tertiary/aromatic N) is 5. The maximum atomic E-state index is 12.9. The van der Waals surface area contributed by atoms with Gasteiger partial charge in [0.1, 0.15) is 0 Å². The van der Waals surface area contributed by atoms with Crippen LogP contribution in [0.25, 0.3) is 0 Å². The predicted octanol–water partition coefficient (Wildman–Crippen LogP) is 1.89. The third kappa shape index (κ3) is 3.94. The van der Waals surface area contributed by atoms with Gasteiger partial charge in [0, 0.05) is 50.9 Å². The summed E-state index contributed by atoms with van der Waals surface area (Å²) in [4.78, 5) is 19.4. The first kappa shape index (κ1) is 18.7. The second kappa shape index (κ2) is 8.14. The van der Waals surface area contributed by atoms with E-state index in [0.717, 1.165) is 67.6 Å². The predicted molar refractivity (Wildman–Crippen MR) is 109 cm³/mol. The lowest BCUT2D eigenvalue weighted by atomic mass is 10.0. The van der Waals surface area contributed by atoms with E-state index in [1.165, 1.54) is 0 Å². The number of ether oxygens (including phenoxy) is 1. The summed E-state index contributed by atoms with van der Waals surface area (Å²) < 4.78 is 5.42. The molecule has 0 unspecified atom stereocenters. The Labute approximate surface area is 165 Å². The highest BCUT2D eigenvalue weighted by Crippen LogP contribution is 2.22. The van der Waals surface area contributed by atoms with Crippen molar-refractivity contribution in [2.45, 2.75) is 13.8 Å². The number of aryl methyl sites for hydroxylation is 2. The molecule has 7 nitrogen and oxygen atoms in total. The number of carbonyl (C=O) groups excluding carboxylic acids is 1. The molecule has 1 amide bonds.